The van der Waals surface area contributed by atoms with E-state index in [9.17, 15) is 9.59 Å². The Morgan fingerprint density at radius 1 is 1.08 bits per heavy atom. The van der Waals surface area contributed by atoms with E-state index in [2.05, 4.69) is 10.3 Å². The van der Waals surface area contributed by atoms with E-state index in [1.165, 1.54) is 6.20 Å². The van der Waals surface area contributed by atoms with Crippen LogP contribution in [0.25, 0.3) is 0 Å². The third-order valence-electron chi connectivity index (χ3n) is 5.03. The summed E-state index contributed by atoms with van der Waals surface area (Å²) in [4.78, 5) is 28.0. The molecule has 2 aromatic rings. The predicted molar refractivity (Wildman–Crippen MR) is 87.2 cm³/mol. The molecule has 0 radical (unpaired) electrons. The van der Waals surface area contributed by atoms with Crippen molar-refractivity contribution < 1.29 is 19.1 Å². The van der Waals surface area contributed by atoms with Crippen molar-refractivity contribution in [3.05, 3.63) is 52.8 Å². The van der Waals surface area contributed by atoms with Gasteiger partial charge >= 0.3 is 0 Å². The lowest BCUT2D eigenvalue weighted by Gasteiger charge is -2.22. The van der Waals surface area contributed by atoms with Crippen LogP contribution < -0.4 is 14.8 Å². The fourth-order valence-electron chi connectivity index (χ4n) is 3.80. The van der Waals surface area contributed by atoms with Gasteiger partial charge in [-0.15, -0.1) is 0 Å². The second-order valence-electron chi connectivity index (χ2n) is 6.62. The van der Waals surface area contributed by atoms with Crippen molar-refractivity contribution in [2.24, 2.45) is 11.8 Å². The first-order valence-corrected chi connectivity index (χ1v) is 8.33. The molecule has 25 heavy (non-hydrogen) atoms. The average molecular weight is 357 g/mol. The third-order valence-corrected chi connectivity index (χ3v) is 5.26. The van der Waals surface area contributed by atoms with E-state index in [1.807, 2.05) is 12.1 Å². The molecule has 126 valence electrons. The van der Waals surface area contributed by atoms with Gasteiger partial charge in [-0.3, -0.25) is 19.9 Å². The van der Waals surface area contributed by atoms with Crippen molar-refractivity contribution in [3.8, 4) is 11.5 Å². The first-order valence-electron chi connectivity index (χ1n) is 7.95. The summed E-state index contributed by atoms with van der Waals surface area (Å²) in [6.45, 7) is 1.78. The normalized spacial score (nSPS) is 31.7. The molecule has 0 bridgehead atoms. The van der Waals surface area contributed by atoms with Crippen LogP contribution in [0.4, 0.5) is 0 Å². The summed E-state index contributed by atoms with van der Waals surface area (Å²) in [7, 11) is 0. The lowest BCUT2D eigenvalue weighted by Crippen LogP contribution is -2.32. The van der Waals surface area contributed by atoms with E-state index in [0.717, 1.165) is 5.56 Å². The number of hydrogen-bond acceptors (Lipinski definition) is 5. The number of fused-ring (bicyclic) bond motifs is 2. The summed E-state index contributed by atoms with van der Waals surface area (Å²) >= 11 is 5.90. The smallest absolute Gasteiger partial charge is 0.292 e. The van der Waals surface area contributed by atoms with Crippen molar-refractivity contribution in [1.82, 2.24) is 10.3 Å². The number of piperidine rings is 1. The number of imide groups is 1. The van der Waals surface area contributed by atoms with Gasteiger partial charge in [0.1, 0.15) is 5.69 Å². The molecule has 1 saturated heterocycles. The van der Waals surface area contributed by atoms with E-state index < -0.39 is 5.79 Å². The number of para-hydroxylation sites is 1. The Hall–Kier alpha value is -2.60. The Morgan fingerprint density at radius 2 is 1.84 bits per heavy atom. The fraction of sp³-hybridized carbons (Fsp3) is 0.278. The molecule has 1 aromatic heterocycles. The zero-order valence-electron chi connectivity index (χ0n) is 13.2. The van der Waals surface area contributed by atoms with Crippen LogP contribution in [-0.4, -0.2) is 16.8 Å². The number of nitrogens with zero attached hydrogens (tertiary/aromatic N) is 1. The van der Waals surface area contributed by atoms with Gasteiger partial charge < -0.3 is 9.47 Å². The lowest BCUT2D eigenvalue weighted by molar-refractivity contribution is -0.127. The minimum absolute atomic E-state index is 0.152. The highest BCUT2D eigenvalue weighted by molar-refractivity contribution is 6.30. The number of rotatable bonds is 2. The average Bonchev–Trinajstić information content (AvgIpc) is 3.12. The molecule has 5 rings (SSSR count). The standard InChI is InChI=1S/C18H13ClN2O4/c1-18(11-6-5-8(19)7-20-11)24-10-4-2-3-9(15(10)25-18)12-13-14(12)17(23)21-16(13)22/h2-7,12-14H,1H3,(H,21,22,23)/t12?,13?,14?,18-/m1/s1. The minimum atomic E-state index is -1.08. The maximum atomic E-state index is 11.9. The van der Waals surface area contributed by atoms with Crippen LogP contribution in [0.3, 0.4) is 0 Å². The molecular weight excluding hydrogens is 344 g/mol. The third kappa shape index (κ3) is 2.00. The molecule has 2 amide bonds. The summed E-state index contributed by atoms with van der Waals surface area (Å²) < 4.78 is 12.1. The highest BCUT2D eigenvalue weighted by Gasteiger charge is 2.65. The van der Waals surface area contributed by atoms with Crippen molar-refractivity contribution >= 4 is 23.4 Å². The van der Waals surface area contributed by atoms with Crippen molar-refractivity contribution in [2.45, 2.75) is 18.6 Å². The quantitative estimate of drug-likeness (QED) is 0.836. The Balaban J connectivity index is 1.51. The molecule has 2 aliphatic heterocycles. The Kier molecular flexibility index (Phi) is 2.78. The van der Waals surface area contributed by atoms with Crippen LogP contribution >= 0.6 is 11.6 Å². The summed E-state index contributed by atoms with van der Waals surface area (Å²) in [6.07, 6.45) is 1.53. The van der Waals surface area contributed by atoms with Gasteiger partial charge in [0.15, 0.2) is 11.5 Å². The number of ether oxygens (including phenoxy) is 2. The lowest BCUT2D eigenvalue weighted by atomic mass is 10.1. The number of hydrogen-bond donors (Lipinski definition) is 1. The molecule has 1 aromatic carbocycles. The van der Waals surface area contributed by atoms with E-state index >= 15 is 0 Å². The van der Waals surface area contributed by atoms with Crippen molar-refractivity contribution in [3.63, 3.8) is 0 Å². The first-order chi connectivity index (χ1) is 12.0. The Morgan fingerprint density at radius 3 is 2.52 bits per heavy atom. The summed E-state index contributed by atoms with van der Waals surface area (Å²) in [5, 5.41) is 2.89. The molecular formula is C18H13ClN2O4. The molecule has 1 aliphatic carbocycles. The molecule has 7 heteroatoms. The van der Waals surface area contributed by atoms with Gasteiger partial charge in [0.2, 0.25) is 11.8 Å². The summed E-state index contributed by atoms with van der Waals surface area (Å²) in [6, 6.07) is 9.00. The van der Waals surface area contributed by atoms with Gasteiger partial charge in [-0.25, -0.2) is 0 Å². The zero-order chi connectivity index (χ0) is 17.3. The van der Waals surface area contributed by atoms with E-state index in [0.29, 0.717) is 22.2 Å². The van der Waals surface area contributed by atoms with Crippen LogP contribution in [-0.2, 0) is 15.4 Å². The van der Waals surface area contributed by atoms with E-state index in [-0.39, 0.29) is 29.6 Å². The molecule has 3 atom stereocenters. The maximum absolute atomic E-state index is 11.9. The second-order valence-corrected chi connectivity index (χ2v) is 7.05. The van der Waals surface area contributed by atoms with Crippen LogP contribution in [0.15, 0.2) is 36.5 Å². The molecule has 1 N–H and O–H groups in total. The highest BCUT2D eigenvalue weighted by atomic mass is 35.5. The van der Waals surface area contributed by atoms with Crippen LogP contribution in [0.2, 0.25) is 5.02 Å². The van der Waals surface area contributed by atoms with Gasteiger partial charge in [0, 0.05) is 24.6 Å². The monoisotopic (exact) mass is 356 g/mol. The van der Waals surface area contributed by atoms with Gasteiger partial charge in [0.05, 0.1) is 16.9 Å². The number of pyridine rings is 1. The SMILES string of the molecule is C[C@@]1(c2ccc(Cl)cn2)Oc2cccc(C3C4C(=O)NC(=O)C43)c2O1. The Bertz CT molecular complexity index is 909. The van der Waals surface area contributed by atoms with E-state index in [1.54, 1.807) is 25.1 Å². The molecule has 2 fully saturated rings. The van der Waals surface area contributed by atoms with Gasteiger partial charge in [-0.1, -0.05) is 23.7 Å². The number of amides is 2. The van der Waals surface area contributed by atoms with Crippen LogP contribution in [0.5, 0.6) is 11.5 Å². The van der Waals surface area contributed by atoms with Gasteiger partial charge in [0.25, 0.3) is 5.79 Å². The molecule has 3 aliphatic rings. The minimum Gasteiger partial charge on any atom is -0.443 e. The predicted octanol–water partition coefficient (Wildman–Crippen LogP) is 2.37. The molecule has 2 unspecified atom stereocenters. The largest absolute Gasteiger partial charge is 0.443 e. The van der Waals surface area contributed by atoms with Gasteiger partial charge in [-0.2, -0.15) is 0 Å². The first kappa shape index (κ1) is 14.7. The molecule has 3 heterocycles. The van der Waals surface area contributed by atoms with Crippen molar-refractivity contribution in [1.29, 1.82) is 0 Å². The van der Waals surface area contributed by atoms with E-state index in [4.69, 9.17) is 21.1 Å². The maximum Gasteiger partial charge on any atom is 0.292 e. The number of nitrogens with one attached hydrogen (secondary N) is 1. The fourth-order valence-corrected chi connectivity index (χ4v) is 3.91. The molecule has 0 spiro atoms. The molecule has 6 nitrogen and oxygen atoms in total. The second kappa shape index (κ2) is 4.73. The summed E-state index contributed by atoms with van der Waals surface area (Å²) in [5.74, 6) is -1.11. The van der Waals surface area contributed by atoms with Crippen LogP contribution in [0, 0.1) is 11.8 Å². The Labute approximate surface area is 148 Å². The zero-order valence-corrected chi connectivity index (χ0v) is 13.9. The number of carbonyl (C=O) groups is 2. The number of carbonyl (C=O) groups excluding carboxylic acids is 2. The van der Waals surface area contributed by atoms with Crippen LogP contribution in [0.1, 0.15) is 24.1 Å². The number of benzene rings is 1. The summed E-state index contributed by atoms with van der Waals surface area (Å²) in [5.41, 5.74) is 1.41. The number of halogens is 1. The number of aromatic nitrogens is 1. The highest BCUT2D eigenvalue weighted by Crippen LogP contribution is 2.61. The molecule has 1 saturated carbocycles. The van der Waals surface area contributed by atoms with Gasteiger partial charge in [-0.05, 0) is 18.2 Å². The van der Waals surface area contributed by atoms with Crippen molar-refractivity contribution in [2.75, 3.05) is 0 Å². The topological polar surface area (TPSA) is 77.5 Å².